The Labute approximate surface area is 138 Å². The zero-order valence-corrected chi connectivity index (χ0v) is 13.8. The first-order valence-electron chi connectivity index (χ1n) is 7.61. The number of ether oxygens (including phenoxy) is 2. The van der Waals surface area contributed by atoms with Gasteiger partial charge in [0.2, 0.25) is 0 Å². The molecule has 1 aliphatic heterocycles. The number of halogens is 3. The van der Waals surface area contributed by atoms with E-state index in [-0.39, 0.29) is 12.3 Å². The van der Waals surface area contributed by atoms with Crippen LogP contribution < -0.4 is 10.1 Å². The maximum absolute atomic E-state index is 12.6. The van der Waals surface area contributed by atoms with Gasteiger partial charge in [-0.05, 0) is 26.8 Å². The quantitative estimate of drug-likeness (QED) is 0.891. The summed E-state index contributed by atoms with van der Waals surface area (Å²) >= 11 is 0. The van der Waals surface area contributed by atoms with Gasteiger partial charge in [-0.3, -0.25) is 0 Å². The number of rotatable bonds is 2. The zero-order chi connectivity index (χ0) is 18.0. The number of para-hydroxylation sites is 1. The Morgan fingerprint density at radius 2 is 1.92 bits per heavy atom. The Kier molecular flexibility index (Phi) is 5.27. The average molecular weight is 346 g/mol. The van der Waals surface area contributed by atoms with Gasteiger partial charge in [-0.2, -0.15) is 0 Å². The molecule has 0 spiro atoms. The van der Waals surface area contributed by atoms with Crippen LogP contribution in [-0.4, -0.2) is 42.6 Å². The van der Waals surface area contributed by atoms with Crippen LogP contribution in [0.4, 0.5) is 18.0 Å². The predicted octanol–water partition coefficient (Wildman–Crippen LogP) is 3.47. The fourth-order valence-corrected chi connectivity index (χ4v) is 2.44. The van der Waals surface area contributed by atoms with E-state index >= 15 is 0 Å². The molecule has 0 radical (unpaired) electrons. The average Bonchev–Trinajstić information content (AvgIpc) is 2.44. The Morgan fingerprint density at radius 3 is 2.54 bits per heavy atom. The van der Waals surface area contributed by atoms with Crippen molar-refractivity contribution in [3.05, 3.63) is 29.8 Å². The van der Waals surface area contributed by atoms with Gasteiger partial charge >= 0.3 is 12.5 Å². The summed E-state index contributed by atoms with van der Waals surface area (Å²) in [5.41, 5.74) is -0.280. The summed E-state index contributed by atoms with van der Waals surface area (Å²) in [5.74, 6) is -0.270. The van der Waals surface area contributed by atoms with Gasteiger partial charge in [-0.15, -0.1) is 13.2 Å². The van der Waals surface area contributed by atoms with Gasteiger partial charge in [-0.1, -0.05) is 18.2 Å². The number of hydrogen-bond donors (Lipinski definition) is 1. The van der Waals surface area contributed by atoms with Crippen LogP contribution in [0.25, 0.3) is 0 Å². The van der Waals surface area contributed by atoms with Crippen LogP contribution in [0.15, 0.2) is 24.3 Å². The Balaban J connectivity index is 2.14. The fraction of sp³-hybridized carbons (Fsp3) is 0.562. The number of amides is 1. The van der Waals surface area contributed by atoms with E-state index in [1.165, 1.54) is 17.0 Å². The van der Waals surface area contributed by atoms with Crippen molar-refractivity contribution < 1.29 is 27.4 Å². The predicted molar refractivity (Wildman–Crippen MR) is 81.7 cm³/mol. The molecule has 0 saturated carbocycles. The van der Waals surface area contributed by atoms with Crippen molar-refractivity contribution in [2.24, 2.45) is 0 Å². The van der Waals surface area contributed by atoms with E-state index in [2.05, 4.69) is 10.1 Å². The molecule has 134 valence electrons. The summed E-state index contributed by atoms with van der Waals surface area (Å²) in [6, 6.07) is 5.45. The minimum atomic E-state index is -4.77. The smallest absolute Gasteiger partial charge is 0.444 e. The summed E-state index contributed by atoms with van der Waals surface area (Å²) in [6.45, 7) is 6.36. The largest absolute Gasteiger partial charge is 0.573 e. The third-order valence-electron chi connectivity index (χ3n) is 3.35. The Bertz CT molecular complexity index is 585. The van der Waals surface area contributed by atoms with Gasteiger partial charge < -0.3 is 19.7 Å². The first kappa shape index (κ1) is 18.4. The van der Waals surface area contributed by atoms with Crippen molar-refractivity contribution in [1.82, 2.24) is 10.2 Å². The number of nitrogens with zero attached hydrogens (tertiary/aromatic N) is 1. The fourth-order valence-electron chi connectivity index (χ4n) is 2.44. The lowest BCUT2D eigenvalue weighted by Crippen LogP contribution is -2.49. The van der Waals surface area contributed by atoms with E-state index < -0.39 is 24.1 Å². The SMILES string of the molecule is CC(C)(C)OC(=O)N1CCN[C@H](c2ccccc2OC(F)(F)F)C1. The van der Waals surface area contributed by atoms with E-state index in [1.807, 2.05) is 0 Å². The highest BCUT2D eigenvalue weighted by Crippen LogP contribution is 2.31. The van der Waals surface area contributed by atoms with Crippen LogP contribution in [0.1, 0.15) is 32.4 Å². The lowest BCUT2D eigenvalue weighted by atomic mass is 10.0. The molecule has 0 aromatic heterocycles. The number of carbonyl (C=O) groups excluding carboxylic acids is 1. The van der Waals surface area contributed by atoms with Gasteiger partial charge in [0.25, 0.3) is 0 Å². The van der Waals surface area contributed by atoms with Crippen molar-refractivity contribution in [3.63, 3.8) is 0 Å². The van der Waals surface area contributed by atoms with E-state index in [0.717, 1.165) is 0 Å². The number of hydrogen-bond acceptors (Lipinski definition) is 4. The van der Waals surface area contributed by atoms with E-state index in [0.29, 0.717) is 18.7 Å². The summed E-state index contributed by atoms with van der Waals surface area (Å²) in [4.78, 5) is 13.7. The maximum atomic E-state index is 12.6. The molecule has 1 heterocycles. The first-order valence-corrected chi connectivity index (χ1v) is 7.61. The highest BCUT2D eigenvalue weighted by atomic mass is 19.4. The van der Waals surface area contributed by atoms with E-state index in [1.54, 1.807) is 32.9 Å². The first-order chi connectivity index (χ1) is 11.1. The molecule has 24 heavy (non-hydrogen) atoms. The van der Waals surface area contributed by atoms with Crippen LogP contribution >= 0.6 is 0 Å². The molecule has 0 unspecified atom stereocenters. The monoisotopic (exact) mass is 346 g/mol. The molecule has 1 N–H and O–H groups in total. The number of alkyl halides is 3. The van der Waals surface area contributed by atoms with Gasteiger partial charge in [0.1, 0.15) is 11.4 Å². The molecule has 1 fully saturated rings. The van der Waals surface area contributed by atoms with Crippen LogP contribution in [0.5, 0.6) is 5.75 Å². The molecule has 1 atom stereocenters. The molecule has 1 aromatic carbocycles. The summed E-state index contributed by atoms with van der Waals surface area (Å²) in [6.07, 6.45) is -5.25. The van der Waals surface area contributed by atoms with Crippen LogP contribution in [-0.2, 0) is 4.74 Å². The molecule has 8 heteroatoms. The standard InChI is InChI=1S/C16H21F3N2O3/c1-15(2,3)24-14(22)21-9-8-20-12(10-21)11-6-4-5-7-13(11)23-16(17,18)19/h4-7,12,20H,8-10H2,1-3H3/t12-/m0/s1. The van der Waals surface area contributed by atoms with Crippen LogP contribution in [0, 0.1) is 0 Å². The lowest BCUT2D eigenvalue weighted by Gasteiger charge is -2.35. The van der Waals surface area contributed by atoms with E-state index in [4.69, 9.17) is 4.74 Å². The maximum Gasteiger partial charge on any atom is 0.573 e. The van der Waals surface area contributed by atoms with Gasteiger partial charge in [-0.25, -0.2) is 4.79 Å². The number of piperazine rings is 1. The molecule has 2 rings (SSSR count). The second-order valence-corrected chi connectivity index (χ2v) is 6.52. The molecule has 1 amide bonds. The molecule has 1 aromatic rings. The topological polar surface area (TPSA) is 50.8 Å². The van der Waals surface area contributed by atoms with E-state index in [9.17, 15) is 18.0 Å². The molecule has 1 saturated heterocycles. The van der Waals surface area contributed by atoms with Gasteiger partial charge in [0.15, 0.2) is 0 Å². The normalized spacial score (nSPS) is 19.1. The minimum Gasteiger partial charge on any atom is -0.444 e. The Morgan fingerprint density at radius 1 is 1.25 bits per heavy atom. The molecule has 5 nitrogen and oxygen atoms in total. The molecule has 1 aliphatic rings. The molecular weight excluding hydrogens is 325 g/mol. The second-order valence-electron chi connectivity index (χ2n) is 6.52. The molecular formula is C16H21F3N2O3. The zero-order valence-electron chi connectivity index (χ0n) is 13.8. The van der Waals surface area contributed by atoms with Crippen molar-refractivity contribution in [2.75, 3.05) is 19.6 Å². The van der Waals surface area contributed by atoms with Crippen LogP contribution in [0.3, 0.4) is 0 Å². The summed E-state index contributed by atoms with van der Waals surface area (Å²) in [5, 5.41) is 3.11. The summed E-state index contributed by atoms with van der Waals surface area (Å²) < 4.78 is 47.1. The van der Waals surface area contributed by atoms with Crippen molar-refractivity contribution in [2.45, 2.75) is 38.8 Å². The van der Waals surface area contributed by atoms with Gasteiger partial charge in [0, 0.05) is 25.2 Å². The third-order valence-corrected chi connectivity index (χ3v) is 3.35. The Hall–Kier alpha value is -1.96. The third kappa shape index (κ3) is 5.30. The van der Waals surface area contributed by atoms with Crippen molar-refractivity contribution in [1.29, 1.82) is 0 Å². The second kappa shape index (κ2) is 6.88. The summed E-state index contributed by atoms with van der Waals surface area (Å²) in [7, 11) is 0. The van der Waals surface area contributed by atoms with Crippen molar-refractivity contribution >= 4 is 6.09 Å². The van der Waals surface area contributed by atoms with Crippen LogP contribution in [0.2, 0.25) is 0 Å². The highest BCUT2D eigenvalue weighted by Gasteiger charge is 2.34. The minimum absolute atomic E-state index is 0.202. The molecule has 0 aliphatic carbocycles. The molecule has 0 bridgehead atoms. The number of carbonyl (C=O) groups is 1. The van der Waals surface area contributed by atoms with Gasteiger partial charge in [0.05, 0.1) is 6.04 Å². The highest BCUT2D eigenvalue weighted by molar-refractivity contribution is 5.68. The van der Waals surface area contributed by atoms with Crippen molar-refractivity contribution in [3.8, 4) is 5.75 Å². The lowest BCUT2D eigenvalue weighted by molar-refractivity contribution is -0.275. The number of nitrogens with one attached hydrogen (secondary N) is 1. The number of benzene rings is 1.